The minimum absolute atomic E-state index is 0.0631. The number of carbonyl (C=O) groups is 1. The topological polar surface area (TPSA) is 70.5 Å². The number of fused-ring (bicyclic) bond motifs is 1. The van der Waals surface area contributed by atoms with Crippen molar-refractivity contribution in [1.29, 1.82) is 0 Å². The summed E-state index contributed by atoms with van der Waals surface area (Å²) in [5.41, 5.74) is 5.11. The Kier molecular flexibility index (Phi) is 4.18. The lowest BCUT2D eigenvalue weighted by Crippen LogP contribution is -2.25. The van der Waals surface area contributed by atoms with Gasteiger partial charge in [0.1, 0.15) is 0 Å². The number of benzene rings is 1. The predicted octanol–water partition coefficient (Wildman–Crippen LogP) is 2.81. The molecule has 2 aromatic heterocycles. The van der Waals surface area contributed by atoms with E-state index in [0.29, 0.717) is 30.9 Å². The first-order valence-corrected chi connectivity index (χ1v) is 9.06. The number of hydrogen-bond donors (Lipinski definition) is 1. The number of amides is 1. The van der Waals surface area contributed by atoms with Crippen LogP contribution >= 0.6 is 0 Å². The Hall–Kier alpha value is -3.15. The number of H-pyrrole nitrogens is 1. The fourth-order valence-corrected chi connectivity index (χ4v) is 3.76. The third kappa shape index (κ3) is 2.97. The van der Waals surface area contributed by atoms with Gasteiger partial charge in [0.2, 0.25) is 5.91 Å². The number of rotatable bonds is 4. The zero-order valence-corrected chi connectivity index (χ0v) is 15.5. The maximum atomic E-state index is 12.7. The number of aromatic amines is 1. The van der Waals surface area contributed by atoms with Crippen molar-refractivity contribution in [3.8, 4) is 11.3 Å². The van der Waals surface area contributed by atoms with Crippen molar-refractivity contribution < 1.29 is 4.79 Å². The second kappa shape index (κ2) is 6.54. The Morgan fingerprint density at radius 2 is 2.11 bits per heavy atom. The van der Waals surface area contributed by atoms with E-state index in [1.54, 1.807) is 11.0 Å². The Labute approximate surface area is 157 Å². The zero-order valence-electron chi connectivity index (χ0n) is 15.5. The van der Waals surface area contributed by atoms with Crippen molar-refractivity contribution in [3.63, 3.8) is 0 Å². The van der Waals surface area contributed by atoms with Crippen molar-refractivity contribution >= 4 is 11.6 Å². The number of carbonyl (C=O) groups excluding carboxylic acids is 1. The van der Waals surface area contributed by atoms with Crippen molar-refractivity contribution in [1.82, 2.24) is 19.5 Å². The molecule has 1 amide bonds. The minimum Gasteiger partial charge on any atom is -0.338 e. The largest absolute Gasteiger partial charge is 0.338 e. The van der Waals surface area contributed by atoms with Crippen molar-refractivity contribution in [2.75, 3.05) is 13.1 Å². The van der Waals surface area contributed by atoms with E-state index in [4.69, 9.17) is 4.98 Å². The Morgan fingerprint density at radius 1 is 1.30 bits per heavy atom. The number of likely N-dealkylation sites (tertiary alicyclic amines) is 1. The second-order valence-electron chi connectivity index (χ2n) is 7.15. The van der Waals surface area contributed by atoms with Gasteiger partial charge in [0.05, 0.1) is 11.4 Å². The summed E-state index contributed by atoms with van der Waals surface area (Å²) in [6.07, 6.45) is 2.10. The summed E-state index contributed by atoms with van der Waals surface area (Å²) in [6.45, 7) is 8.79. The van der Waals surface area contributed by atoms with Gasteiger partial charge >= 0.3 is 0 Å². The summed E-state index contributed by atoms with van der Waals surface area (Å²) in [7, 11) is 0. The lowest BCUT2D eigenvalue weighted by Gasteiger charge is -2.13. The fourth-order valence-electron chi connectivity index (χ4n) is 3.76. The van der Waals surface area contributed by atoms with Crippen LogP contribution in [0.15, 0.2) is 47.8 Å². The van der Waals surface area contributed by atoms with E-state index in [9.17, 15) is 9.59 Å². The Balaban J connectivity index is 1.78. The molecule has 1 N–H and O–H groups in total. The fraction of sp³-hybridized carbons (Fsp3) is 0.286. The first-order chi connectivity index (χ1) is 13.0. The Morgan fingerprint density at radius 3 is 2.85 bits per heavy atom. The molecule has 3 heterocycles. The summed E-state index contributed by atoms with van der Waals surface area (Å²) in [6, 6.07) is 9.66. The molecule has 0 bridgehead atoms. The summed E-state index contributed by atoms with van der Waals surface area (Å²) < 4.78 is 1.48. The molecule has 6 heteroatoms. The van der Waals surface area contributed by atoms with Gasteiger partial charge in [0.15, 0.2) is 5.65 Å². The third-order valence-corrected chi connectivity index (χ3v) is 5.16. The Bertz CT molecular complexity index is 1110. The zero-order chi connectivity index (χ0) is 19.1. The number of hydrogen-bond acceptors (Lipinski definition) is 3. The van der Waals surface area contributed by atoms with E-state index in [1.807, 2.05) is 32.0 Å². The van der Waals surface area contributed by atoms with Crippen LogP contribution in [-0.2, 0) is 4.79 Å². The van der Waals surface area contributed by atoms with Crippen LogP contribution < -0.4 is 5.56 Å². The monoisotopic (exact) mass is 362 g/mol. The summed E-state index contributed by atoms with van der Waals surface area (Å²) in [5.74, 6) is 0.0139. The summed E-state index contributed by atoms with van der Waals surface area (Å²) >= 11 is 0. The minimum atomic E-state index is -0.161. The average Bonchev–Trinajstić information content (AvgIpc) is 3.17. The molecule has 0 spiro atoms. The second-order valence-corrected chi connectivity index (χ2v) is 7.15. The van der Waals surface area contributed by atoms with Crippen LogP contribution in [0.3, 0.4) is 0 Å². The number of nitrogens with one attached hydrogen (secondary N) is 1. The van der Waals surface area contributed by atoms with E-state index in [-0.39, 0.29) is 17.4 Å². The maximum absolute atomic E-state index is 12.7. The van der Waals surface area contributed by atoms with Gasteiger partial charge < -0.3 is 4.90 Å². The molecule has 1 aliphatic rings. The highest BCUT2D eigenvalue weighted by atomic mass is 16.2. The lowest BCUT2D eigenvalue weighted by molar-refractivity contribution is -0.127. The van der Waals surface area contributed by atoms with Gasteiger partial charge in [0.25, 0.3) is 5.56 Å². The molecule has 0 saturated carbocycles. The van der Waals surface area contributed by atoms with Crippen molar-refractivity contribution in [2.45, 2.75) is 26.2 Å². The average molecular weight is 362 g/mol. The van der Waals surface area contributed by atoms with Crippen molar-refractivity contribution in [2.24, 2.45) is 0 Å². The molecule has 0 radical (unpaired) electrons. The lowest BCUT2D eigenvalue weighted by atomic mass is 10.0. The van der Waals surface area contributed by atoms with Crippen LogP contribution in [-0.4, -0.2) is 38.5 Å². The van der Waals surface area contributed by atoms with Gasteiger partial charge in [-0.2, -0.15) is 0 Å². The first-order valence-electron chi connectivity index (χ1n) is 9.06. The highest BCUT2D eigenvalue weighted by molar-refractivity contribution is 5.80. The molecule has 4 rings (SSSR count). The van der Waals surface area contributed by atoms with Crippen LogP contribution in [0.1, 0.15) is 29.2 Å². The number of aryl methyl sites for hydroxylation is 2. The predicted molar refractivity (Wildman–Crippen MR) is 105 cm³/mol. The third-order valence-electron chi connectivity index (χ3n) is 5.16. The molecule has 1 fully saturated rings. The van der Waals surface area contributed by atoms with Gasteiger partial charge in [-0.1, -0.05) is 29.8 Å². The molecule has 1 saturated heterocycles. The van der Waals surface area contributed by atoms with E-state index in [0.717, 1.165) is 22.4 Å². The number of aromatic nitrogens is 3. The molecule has 1 atom stereocenters. The summed E-state index contributed by atoms with van der Waals surface area (Å²) in [5, 5.41) is 3.18. The molecular formula is C21H22N4O2. The van der Waals surface area contributed by atoms with Gasteiger partial charge in [-0.15, -0.1) is 6.58 Å². The highest BCUT2D eigenvalue weighted by Gasteiger charge is 2.31. The van der Waals surface area contributed by atoms with Crippen LogP contribution in [0.4, 0.5) is 0 Å². The van der Waals surface area contributed by atoms with E-state index in [1.165, 1.54) is 10.6 Å². The molecule has 3 aromatic rings. The van der Waals surface area contributed by atoms with E-state index in [2.05, 4.69) is 17.7 Å². The smallest absolute Gasteiger partial charge is 0.272 e. The SMILES string of the molecule is C=CCN1CC(c2cc(=O)n3[nH]c(-c4cccc(C)c4)c(C)c3n2)CC1=O. The van der Waals surface area contributed by atoms with Crippen molar-refractivity contribution in [3.05, 3.63) is 70.2 Å². The molecule has 0 aliphatic carbocycles. The maximum Gasteiger partial charge on any atom is 0.272 e. The van der Waals surface area contributed by atoms with Gasteiger partial charge in [-0.3, -0.25) is 14.7 Å². The molecule has 27 heavy (non-hydrogen) atoms. The molecule has 138 valence electrons. The molecular weight excluding hydrogens is 340 g/mol. The van der Waals surface area contributed by atoms with Gasteiger partial charge in [-0.25, -0.2) is 9.50 Å². The number of nitrogens with zero attached hydrogens (tertiary/aromatic N) is 3. The van der Waals surface area contributed by atoms with Crippen LogP contribution in [0.25, 0.3) is 16.9 Å². The molecule has 1 aliphatic heterocycles. The normalized spacial score (nSPS) is 17.0. The van der Waals surface area contributed by atoms with E-state index >= 15 is 0 Å². The van der Waals surface area contributed by atoms with E-state index < -0.39 is 0 Å². The van der Waals surface area contributed by atoms with Crippen LogP contribution in [0, 0.1) is 13.8 Å². The quantitative estimate of drug-likeness (QED) is 0.726. The van der Waals surface area contributed by atoms with Crippen LogP contribution in [0.2, 0.25) is 0 Å². The summed E-state index contributed by atoms with van der Waals surface area (Å²) in [4.78, 5) is 31.3. The molecule has 6 nitrogen and oxygen atoms in total. The van der Waals surface area contributed by atoms with Gasteiger partial charge in [-0.05, 0) is 19.9 Å². The van der Waals surface area contributed by atoms with Gasteiger partial charge in [0, 0.05) is 42.6 Å². The first kappa shape index (κ1) is 17.3. The molecule has 1 aromatic carbocycles. The molecule has 1 unspecified atom stereocenters. The standard InChI is InChI=1S/C21H22N4O2/c1-4-8-24-12-16(10-18(24)26)17-11-19(27)25-21(22-17)14(3)20(23-25)15-7-5-6-13(2)9-15/h4-7,9,11,16,23H,1,8,10,12H2,2-3H3. The van der Waals surface area contributed by atoms with Crippen LogP contribution in [0.5, 0.6) is 0 Å². The highest BCUT2D eigenvalue weighted by Crippen LogP contribution is 2.29.